The van der Waals surface area contributed by atoms with Crippen molar-refractivity contribution < 1.29 is 14.4 Å². The molecule has 3 rings (SSSR count). The van der Waals surface area contributed by atoms with E-state index in [1.165, 1.54) is 0 Å². The molecule has 0 radical (unpaired) electrons. The Balaban J connectivity index is 1.81. The van der Waals surface area contributed by atoms with Gasteiger partial charge in [-0.15, -0.1) is 0 Å². The number of fused-ring (bicyclic) bond motifs is 1. The van der Waals surface area contributed by atoms with Crippen LogP contribution < -0.4 is 10.6 Å². The smallest absolute Gasteiger partial charge is 0.325 e. The Morgan fingerprint density at radius 2 is 1.85 bits per heavy atom. The molecule has 0 aliphatic carbocycles. The lowest BCUT2D eigenvalue weighted by Gasteiger charge is -2.24. The number of nitrogens with zero attached hydrogens (tertiary/aromatic N) is 1. The highest BCUT2D eigenvalue weighted by atomic mass is 16.2. The molecular weight excluding hydrogens is 342 g/mol. The van der Waals surface area contributed by atoms with Gasteiger partial charge in [0.1, 0.15) is 12.1 Å². The van der Waals surface area contributed by atoms with Gasteiger partial charge in [-0.25, -0.2) is 4.79 Å². The molecule has 0 saturated carbocycles. The summed E-state index contributed by atoms with van der Waals surface area (Å²) in [5, 5.41) is 7.43. The van der Waals surface area contributed by atoms with Crippen LogP contribution in [0.15, 0.2) is 42.5 Å². The number of carbonyl (C=O) groups excluding carboxylic acids is 3. The van der Waals surface area contributed by atoms with Crippen molar-refractivity contribution in [3.05, 3.63) is 48.0 Å². The fourth-order valence-corrected chi connectivity index (χ4v) is 3.38. The fraction of sp³-hybridized carbons (Fsp3) is 0.381. The average molecular weight is 367 g/mol. The highest BCUT2D eigenvalue weighted by molar-refractivity contribution is 6.10. The third-order valence-electron chi connectivity index (χ3n) is 4.95. The summed E-state index contributed by atoms with van der Waals surface area (Å²) in [5.74, 6) is -0.277. The summed E-state index contributed by atoms with van der Waals surface area (Å²) in [4.78, 5) is 38.6. The highest BCUT2D eigenvalue weighted by Gasteiger charge is 2.50. The first-order valence-electron chi connectivity index (χ1n) is 9.22. The van der Waals surface area contributed by atoms with Crippen LogP contribution in [0.2, 0.25) is 0 Å². The molecule has 0 unspecified atom stereocenters. The quantitative estimate of drug-likeness (QED) is 0.771. The first-order valence-corrected chi connectivity index (χ1v) is 9.22. The number of benzene rings is 2. The number of nitrogens with one attached hydrogen (secondary N) is 2. The number of urea groups is 1. The molecule has 4 amide bonds. The Bertz CT molecular complexity index is 888. The van der Waals surface area contributed by atoms with Crippen LogP contribution in [0, 0.1) is 5.92 Å². The molecule has 2 aromatic rings. The Morgan fingerprint density at radius 1 is 1.15 bits per heavy atom. The van der Waals surface area contributed by atoms with Gasteiger partial charge in [0.15, 0.2) is 0 Å². The first-order chi connectivity index (χ1) is 12.8. The summed E-state index contributed by atoms with van der Waals surface area (Å²) >= 11 is 0. The van der Waals surface area contributed by atoms with E-state index in [1.807, 2.05) is 42.5 Å². The van der Waals surface area contributed by atoms with E-state index in [9.17, 15) is 14.4 Å². The normalized spacial score (nSPS) is 19.6. The van der Waals surface area contributed by atoms with E-state index < -0.39 is 17.5 Å². The van der Waals surface area contributed by atoms with Crippen LogP contribution in [-0.2, 0) is 15.1 Å². The SMILES string of the molecule is CC(C)CCNC(=O)CN1C(=O)N[C@](C)(c2cccc3ccccc23)C1=O. The van der Waals surface area contributed by atoms with Crippen molar-refractivity contribution in [3.63, 3.8) is 0 Å². The second-order valence-electron chi connectivity index (χ2n) is 7.51. The number of rotatable bonds is 6. The summed E-state index contributed by atoms with van der Waals surface area (Å²) in [6.07, 6.45) is 0.847. The van der Waals surface area contributed by atoms with Gasteiger partial charge in [-0.3, -0.25) is 14.5 Å². The Kier molecular flexibility index (Phi) is 5.17. The lowest BCUT2D eigenvalue weighted by Crippen LogP contribution is -2.43. The van der Waals surface area contributed by atoms with Gasteiger partial charge >= 0.3 is 6.03 Å². The van der Waals surface area contributed by atoms with Crippen LogP contribution in [0.25, 0.3) is 10.8 Å². The Hall–Kier alpha value is -2.89. The van der Waals surface area contributed by atoms with Crippen molar-refractivity contribution in [2.45, 2.75) is 32.7 Å². The minimum Gasteiger partial charge on any atom is -0.355 e. The Labute approximate surface area is 158 Å². The van der Waals surface area contributed by atoms with Gasteiger partial charge in [-0.1, -0.05) is 56.3 Å². The largest absolute Gasteiger partial charge is 0.355 e. The van der Waals surface area contributed by atoms with Gasteiger partial charge in [0, 0.05) is 6.54 Å². The minimum absolute atomic E-state index is 0.275. The van der Waals surface area contributed by atoms with Gasteiger partial charge in [-0.2, -0.15) is 0 Å². The average Bonchev–Trinajstić information content (AvgIpc) is 2.85. The summed E-state index contributed by atoms with van der Waals surface area (Å²) in [6, 6.07) is 12.8. The summed E-state index contributed by atoms with van der Waals surface area (Å²) < 4.78 is 0. The molecule has 2 N–H and O–H groups in total. The lowest BCUT2D eigenvalue weighted by atomic mass is 9.88. The van der Waals surface area contributed by atoms with Crippen molar-refractivity contribution in [2.75, 3.05) is 13.1 Å². The van der Waals surface area contributed by atoms with E-state index in [-0.39, 0.29) is 12.5 Å². The van der Waals surface area contributed by atoms with Crippen LogP contribution in [0.4, 0.5) is 4.79 Å². The second-order valence-corrected chi connectivity index (χ2v) is 7.51. The van der Waals surface area contributed by atoms with Crippen molar-refractivity contribution in [3.8, 4) is 0 Å². The fourth-order valence-electron chi connectivity index (χ4n) is 3.38. The molecule has 1 atom stereocenters. The zero-order valence-corrected chi connectivity index (χ0v) is 15.9. The van der Waals surface area contributed by atoms with Gasteiger partial charge in [0.25, 0.3) is 5.91 Å². The third kappa shape index (κ3) is 3.65. The number of imide groups is 1. The molecule has 1 heterocycles. The third-order valence-corrected chi connectivity index (χ3v) is 4.95. The molecule has 0 bridgehead atoms. The van der Waals surface area contributed by atoms with Crippen LogP contribution in [0.5, 0.6) is 0 Å². The molecule has 2 aromatic carbocycles. The van der Waals surface area contributed by atoms with Gasteiger partial charge in [0.05, 0.1) is 0 Å². The summed E-state index contributed by atoms with van der Waals surface area (Å²) in [6.45, 7) is 6.08. The number of hydrogen-bond acceptors (Lipinski definition) is 3. The zero-order valence-electron chi connectivity index (χ0n) is 15.9. The molecule has 6 heteroatoms. The molecule has 142 valence electrons. The van der Waals surface area contributed by atoms with Crippen molar-refractivity contribution in [2.24, 2.45) is 5.92 Å². The standard InChI is InChI=1S/C21H25N3O3/c1-14(2)11-12-22-18(25)13-24-19(26)21(3,23-20(24)27)17-10-6-8-15-7-4-5-9-16(15)17/h4-10,14H,11-13H2,1-3H3,(H,22,25)(H,23,27)/t21-/m1/s1. The number of amides is 4. The van der Waals surface area contributed by atoms with E-state index in [1.54, 1.807) is 6.92 Å². The lowest BCUT2D eigenvalue weighted by molar-refractivity contribution is -0.134. The monoisotopic (exact) mass is 367 g/mol. The maximum Gasteiger partial charge on any atom is 0.325 e. The van der Waals surface area contributed by atoms with E-state index >= 15 is 0 Å². The van der Waals surface area contributed by atoms with Crippen LogP contribution in [0.3, 0.4) is 0 Å². The molecular formula is C21H25N3O3. The highest BCUT2D eigenvalue weighted by Crippen LogP contribution is 2.33. The molecule has 6 nitrogen and oxygen atoms in total. The maximum absolute atomic E-state index is 13.1. The predicted octanol–water partition coefficient (Wildman–Crippen LogP) is 2.77. The second kappa shape index (κ2) is 7.39. The van der Waals surface area contributed by atoms with Crippen LogP contribution >= 0.6 is 0 Å². The van der Waals surface area contributed by atoms with Crippen molar-refractivity contribution in [1.82, 2.24) is 15.5 Å². The van der Waals surface area contributed by atoms with Crippen molar-refractivity contribution in [1.29, 1.82) is 0 Å². The van der Waals surface area contributed by atoms with Gasteiger partial charge < -0.3 is 10.6 Å². The molecule has 1 aliphatic rings. The minimum atomic E-state index is -1.20. The Morgan fingerprint density at radius 3 is 2.59 bits per heavy atom. The summed E-state index contributed by atoms with van der Waals surface area (Å²) in [7, 11) is 0. The molecule has 1 fully saturated rings. The van der Waals surface area contributed by atoms with Gasteiger partial charge in [-0.05, 0) is 35.6 Å². The van der Waals surface area contributed by atoms with Crippen LogP contribution in [-0.4, -0.2) is 35.8 Å². The predicted molar refractivity (Wildman–Crippen MR) is 104 cm³/mol. The molecule has 1 saturated heterocycles. The number of hydrogen-bond donors (Lipinski definition) is 2. The molecule has 0 spiro atoms. The van der Waals surface area contributed by atoms with Gasteiger partial charge in [0.2, 0.25) is 5.91 Å². The number of carbonyl (C=O) groups is 3. The van der Waals surface area contributed by atoms with Crippen molar-refractivity contribution >= 4 is 28.6 Å². The molecule has 27 heavy (non-hydrogen) atoms. The van der Waals surface area contributed by atoms with E-state index in [0.29, 0.717) is 12.5 Å². The van der Waals surface area contributed by atoms with E-state index in [0.717, 1.165) is 27.7 Å². The van der Waals surface area contributed by atoms with Crippen LogP contribution in [0.1, 0.15) is 32.8 Å². The first kappa shape index (κ1) is 18.9. The van der Waals surface area contributed by atoms with E-state index in [2.05, 4.69) is 24.5 Å². The zero-order chi connectivity index (χ0) is 19.6. The summed E-state index contributed by atoms with van der Waals surface area (Å²) in [5.41, 5.74) is -0.474. The molecule has 0 aromatic heterocycles. The molecule has 1 aliphatic heterocycles. The van der Waals surface area contributed by atoms with E-state index in [4.69, 9.17) is 0 Å². The maximum atomic E-state index is 13.1. The topological polar surface area (TPSA) is 78.5 Å².